The molecule has 0 radical (unpaired) electrons. The quantitative estimate of drug-likeness (QED) is 0.893. The van der Waals surface area contributed by atoms with Gasteiger partial charge in [-0.3, -0.25) is 4.98 Å². The summed E-state index contributed by atoms with van der Waals surface area (Å²) in [6.45, 7) is 0. The molecule has 0 aromatic carbocycles. The van der Waals surface area contributed by atoms with E-state index in [4.69, 9.17) is 0 Å². The molecule has 0 amide bonds. The fourth-order valence-electron chi connectivity index (χ4n) is 2.82. The number of halogens is 3. The number of hydrogen-bond donors (Lipinski definition) is 1. The Balaban J connectivity index is 2.00. The number of pyridine rings is 1. The van der Waals surface area contributed by atoms with Gasteiger partial charge in [-0.05, 0) is 49.6 Å². The molecule has 1 saturated carbocycles. The monoisotopic (exact) mass is 318 g/mol. The lowest BCUT2D eigenvalue weighted by atomic mass is 9.93. The van der Waals surface area contributed by atoms with Crippen LogP contribution in [0.25, 0.3) is 0 Å². The highest BCUT2D eigenvalue weighted by atomic mass is 32.2. The molecule has 118 valence electrons. The Bertz CT molecular complexity index is 425. The Kier molecular flexibility index (Phi) is 5.93. The predicted molar refractivity (Wildman–Crippen MR) is 80.5 cm³/mol. The molecule has 0 unspecified atom stereocenters. The van der Waals surface area contributed by atoms with Crippen LogP contribution in [0.2, 0.25) is 0 Å². The fourth-order valence-corrected chi connectivity index (χ4v) is 3.65. The summed E-state index contributed by atoms with van der Waals surface area (Å²) in [5, 5.41) is 3.33. The van der Waals surface area contributed by atoms with Gasteiger partial charge >= 0.3 is 6.18 Å². The smallest absolute Gasteiger partial charge is 0.303 e. The van der Waals surface area contributed by atoms with Gasteiger partial charge in [-0.1, -0.05) is 6.42 Å². The Morgan fingerprint density at radius 3 is 2.67 bits per heavy atom. The molecule has 1 aromatic rings. The average Bonchev–Trinajstić information content (AvgIpc) is 2.47. The van der Waals surface area contributed by atoms with Crippen LogP contribution in [0.5, 0.6) is 0 Å². The van der Waals surface area contributed by atoms with Crippen molar-refractivity contribution in [3.63, 3.8) is 0 Å². The van der Waals surface area contributed by atoms with E-state index in [1.807, 2.05) is 6.26 Å². The van der Waals surface area contributed by atoms with Gasteiger partial charge in [0.1, 0.15) is 6.04 Å². The molecule has 1 aromatic heterocycles. The first-order chi connectivity index (χ1) is 9.99. The summed E-state index contributed by atoms with van der Waals surface area (Å²) in [7, 11) is 0. The SMILES string of the molecule is CS[C@@H]1CCC[C@@H](N[C@H](Cc2ccncc2)C(F)(F)F)C1. The lowest BCUT2D eigenvalue weighted by molar-refractivity contribution is -0.157. The summed E-state index contributed by atoms with van der Waals surface area (Å²) >= 11 is 1.76. The van der Waals surface area contributed by atoms with E-state index in [0.29, 0.717) is 10.8 Å². The van der Waals surface area contributed by atoms with E-state index in [1.54, 1.807) is 23.9 Å². The van der Waals surface area contributed by atoms with Crippen LogP contribution in [-0.4, -0.2) is 34.7 Å². The third kappa shape index (κ3) is 5.18. The Morgan fingerprint density at radius 1 is 1.33 bits per heavy atom. The van der Waals surface area contributed by atoms with Gasteiger partial charge in [-0.25, -0.2) is 0 Å². The third-order valence-electron chi connectivity index (χ3n) is 3.98. The number of aromatic nitrogens is 1. The van der Waals surface area contributed by atoms with Crippen LogP contribution < -0.4 is 5.32 Å². The summed E-state index contributed by atoms with van der Waals surface area (Å²) in [6, 6.07) is 1.77. The molecule has 2 nitrogen and oxygen atoms in total. The minimum absolute atomic E-state index is 0.0353. The van der Waals surface area contributed by atoms with Crippen molar-refractivity contribution in [2.24, 2.45) is 0 Å². The van der Waals surface area contributed by atoms with Crippen LogP contribution in [-0.2, 0) is 6.42 Å². The van der Waals surface area contributed by atoms with Gasteiger partial charge < -0.3 is 5.32 Å². The van der Waals surface area contributed by atoms with Crippen molar-refractivity contribution >= 4 is 11.8 Å². The number of thioether (sulfide) groups is 1. The minimum Gasteiger partial charge on any atom is -0.303 e. The third-order valence-corrected chi connectivity index (χ3v) is 5.08. The van der Waals surface area contributed by atoms with E-state index in [9.17, 15) is 13.2 Å². The first-order valence-corrected chi connectivity index (χ1v) is 8.52. The zero-order valence-corrected chi connectivity index (χ0v) is 12.9. The van der Waals surface area contributed by atoms with E-state index in [1.165, 1.54) is 12.4 Å². The summed E-state index contributed by atoms with van der Waals surface area (Å²) < 4.78 is 39.8. The molecule has 1 N–H and O–H groups in total. The topological polar surface area (TPSA) is 24.9 Å². The second-order valence-electron chi connectivity index (χ2n) is 5.54. The van der Waals surface area contributed by atoms with Gasteiger partial charge in [0, 0.05) is 23.7 Å². The van der Waals surface area contributed by atoms with Crippen molar-refractivity contribution < 1.29 is 13.2 Å². The van der Waals surface area contributed by atoms with E-state index < -0.39 is 12.2 Å². The highest BCUT2D eigenvalue weighted by molar-refractivity contribution is 7.99. The molecule has 1 aliphatic carbocycles. The number of nitrogens with one attached hydrogen (secondary N) is 1. The van der Waals surface area contributed by atoms with Crippen LogP contribution in [0.15, 0.2) is 24.5 Å². The summed E-state index contributed by atoms with van der Waals surface area (Å²) in [4.78, 5) is 3.85. The van der Waals surface area contributed by atoms with Crippen molar-refractivity contribution in [3.05, 3.63) is 30.1 Å². The molecule has 6 heteroatoms. The zero-order valence-electron chi connectivity index (χ0n) is 12.1. The van der Waals surface area contributed by atoms with Crippen LogP contribution in [0, 0.1) is 0 Å². The lowest BCUT2D eigenvalue weighted by Gasteiger charge is -2.33. The standard InChI is InChI=1S/C15H21F3N2S/c1-21-13-4-2-3-12(10-13)20-14(15(16,17)18)9-11-5-7-19-8-6-11/h5-8,12-14,20H,2-4,9-10H2,1H3/t12-,13-,14-/m1/s1. The van der Waals surface area contributed by atoms with E-state index in [-0.39, 0.29) is 12.5 Å². The van der Waals surface area contributed by atoms with Crippen LogP contribution in [0.1, 0.15) is 31.2 Å². The molecule has 0 aliphatic heterocycles. The van der Waals surface area contributed by atoms with Crippen LogP contribution >= 0.6 is 11.8 Å². The molecule has 1 fully saturated rings. The van der Waals surface area contributed by atoms with Crippen LogP contribution in [0.3, 0.4) is 0 Å². The highest BCUT2D eigenvalue weighted by Gasteiger charge is 2.41. The van der Waals surface area contributed by atoms with Crippen molar-refractivity contribution in [1.29, 1.82) is 0 Å². The van der Waals surface area contributed by atoms with E-state index in [0.717, 1.165) is 25.7 Å². The molecule has 0 bridgehead atoms. The summed E-state index contributed by atoms with van der Waals surface area (Å²) in [5.41, 5.74) is 0.664. The van der Waals surface area contributed by atoms with Gasteiger partial charge in [-0.2, -0.15) is 24.9 Å². The van der Waals surface area contributed by atoms with Gasteiger partial charge in [0.15, 0.2) is 0 Å². The van der Waals surface area contributed by atoms with Gasteiger partial charge in [0.2, 0.25) is 0 Å². The molecule has 21 heavy (non-hydrogen) atoms. The Morgan fingerprint density at radius 2 is 2.05 bits per heavy atom. The molecular weight excluding hydrogens is 297 g/mol. The van der Waals surface area contributed by atoms with Gasteiger partial charge in [-0.15, -0.1) is 0 Å². The maximum atomic E-state index is 13.3. The number of nitrogens with zero attached hydrogens (tertiary/aromatic N) is 1. The second-order valence-corrected chi connectivity index (χ2v) is 6.68. The molecule has 0 saturated heterocycles. The minimum atomic E-state index is -4.23. The van der Waals surface area contributed by atoms with Crippen LogP contribution in [0.4, 0.5) is 13.2 Å². The lowest BCUT2D eigenvalue weighted by Crippen LogP contribution is -2.50. The fraction of sp³-hybridized carbons (Fsp3) is 0.667. The Labute approximate surface area is 127 Å². The first-order valence-electron chi connectivity index (χ1n) is 7.23. The average molecular weight is 318 g/mol. The first kappa shape index (κ1) is 16.6. The highest BCUT2D eigenvalue weighted by Crippen LogP contribution is 2.30. The molecule has 1 aliphatic rings. The largest absolute Gasteiger partial charge is 0.404 e. The van der Waals surface area contributed by atoms with Crippen molar-refractivity contribution in [3.8, 4) is 0 Å². The maximum absolute atomic E-state index is 13.3. The number of hydrogen-bond acceptors (Lipinski definition) is 3. The number of rotatable bonds is 5. The number of alkyl halides is 3. The van der Waals surface area contributed by atoms with E-state index >= 15 is 0 Å². The normalized spacial score (nSPS) is 24.8. The summed E-state index contributed by atoms with van der Waals surface area (Å²) in [5.74, 6) is 0. The molecule has 0 spiro atoms. The second kappa shape index (κ2) is 7.49. The van der Waals surface area contributed by atoms with Crippen molar-refractivity contribution in [2.75, 3.05) is 6.26 Å². The molecular formula is C15H21F3N2S. The molecule has 1 heterocycles. The molecule has 2 rings (SSSR count). The Hall–Kier alpha value is -0.750. The van der Waals surface area contributed by atoms with Gasteiger partial charge in [0.25, 0.3) is 0 Å². The van der Waals surface area contributed by atoms with Gasteiger partial charge in [0.05, 0.1) is 0 Å². The zero-order chi connectivity index (χ0) is 15.3. The summed E-state index contributed by atoms with van der Waals surface area (Å²) in [6.07, 6.45) is 4.61. The molecule has 3 atom stereocenters. The predicted octanol–water partition coefficient (Wildman–Crippen LogP) is 3.82. The van der Waals surface area contributed by atoms with Crippen molar-refractivity contribution in [1.82, 2.24) is 10.3 Å². The van der Waals surface area contributed by atoms with E-state index in [2.05, 4.69) is 10.3 Å². The van der Waals surface area contributed by atoms with Crippen molar-refractivity contribution in [2.45, 2.75) is 55.6 Å². The maximum Gasteiger partial charge on any atom is 0.404 e.